The Balaban J connectivity index is 1.96. The maximum absolute atomic E-state index is 12.0. The van der Waals surface area contributed by atoms with E-state index >= 15 is 0 Å². The summed E-state index contributed by atoms with van der Waals surface area (Å²) < 4.78 is 6.18. The minimum atomic E-state index is -0.313. The van der Waals surface area contributed by atoms with Gasteiger partial charge in [-0.3, -0.25) is 4.79 Å². The molecule has 25 heavy (non-hydrogen) atoms. The molecule has 132 valence electrons. The fourth-order valence-electron chi connectivity index (χ4n) is 2.14. The summed E-state index contributed by atoms with van der Waals surface area (Å²) in [7, 11) is 0. The number of unbranched alkanes of at least 4 members (excludes halogenated alkanes) is 1. The molecule has 2 aromatic carbocycles. The summed E-state index contributed by atoms with van der Waals surface area (Å²) >= 11 is 9.23. The topological polar surface area (TPSA) is 50.7 Å². The molecule has 1 N–H and O–H groups in total. The monoisotopic (exact) mass is 422 g/mol. The van der Waals surface area contributed by atoms with Gasteiger partial charge in [-0.25, -0.2) is 5.43 Å². The van der Waals surface area contributed by atoms with Gasteiger partial charge in [-0.1, -0.05) is 55.3 Å². The molecule has 0 spiro atoms. The molecular weight excluding hydrogens is 404 g/mol. The van der Waals surface area contributed by atoms with E-state index in [9.17, 15) is 4.79 Å². The molecule has 0 saturated carbocycles. The number of rotatable bonds is 8. The Morgan fingerprint density at radius 3 is 2.68 bits per heavy atom. The van der Waals surface area contributed by atoms with Crippen LogP contribution in [0.4, 0.5) is 0 Å². The Morgan fingerprint density at radius 1 is 1.24 bits per heavy atom. The second-order valence-corrected chi connectivity index (χ2v) is 6.72. The molecule has 0 aliphatic carbocycles. The normalized spacial score (nSPS) is 11.2. The van der Waals surface area contributed by atoms with Gasteiger partial charge in [0.1, 0.15) is 5.75 Å². The summed E-state index contributed by atoms with van der Waals surface area (Å²) in [5, 5.41) is 4.88. The zero-order valence-corrected chi connectivity index (χ0v) is 16.3. The fraction of sp³-hybridized carbons (Fsp3) is 0.263. The zero-order valence-electron chi connectivity index (χ0n) is 14.0. The molecular formula is C19H20BrClN2O2. The van der Waals surface area contributed by atoms with Gasteiger partial charge in [-0.05, 0) is 52.5 Å². The predicted molar refractivity (Wildman–Crippen MR) is 105 cm³/mol. The third kappa shape index (κ3) is 6.52. The van der Waals surface area contributed by atoms with Crippen LogP contribution in [-0.4, -0.2) is 18.2 Å². The van der Waals surface area contributed by atoms with E-state index in [1.165, 1.54) is 0 Å². The van der Waals surface area contributed by atoms with E-state index in [1.54, 1.807) is 18.2 Å². The molecule has 0 aliphatic rings. The Labute approximate surface area is 161 Å². The number of hydrazone groups is 1. The van der Waals surface area contributed by atoms with Gasteiger partial charge < -0.3 is 4.74 Å². The molecule has 0 radical (unpaired) electrons. The van der Waals surface area contributed by atoms with Crippen LogP contribution in [0.15, 0.2) is 58.1 Å². The molecule has 0 fully saturated rings. The molecule has 1 amide bonds. The van der Waals surface area contributed by atoms with E-state index in [0.29, 0.717) is 15.2 Å². The third-order valence-electron chi connectivity index (χ3n) is 3.44. The highest BCUT2D eigenvalue weighted by Gasteiger charge is 2.07. The van der Waals surface area contributed by atoms with E-state index < -0.39 is 0 Å². The molecule has 0 unspecified atom stereocenters. The second kappa shape index (κ2) is 10.2. The van der Waals surface area contributed by atoms with Gasteiger partial charge >= 0.3 is 0 Å². The first-order valence-electron chi connectivity index (χ1n) is 8.09. The quantitative estimate of drug-likeness (QED) is 0.469. The summed E-state index contributed by atoms with van der Waals surface area (Å²) in [5.74, 6) is 0.240. The first-order valence-corrected chi connectivity index (χ1v) is 9.26. The van der Waals surface area contributed by atoms with Crippen LogP contribution in [0.5, 0.6) is 5.75 Å². The van der Waals surface area contributed by atoms with Gasteiger partial charge in [-0.15, -0.1) is 0 Å². The number of carbonyl (C=O) groups is 1. The molecule has 0 atom stereocenters. The lowest BCUT2D eigenvalue weighted by Crippen LogP contribution is -2.26. The average molecular weight is 424 g/mol. The van der Waals surface area contributed by atoms with Crippen LogP contribution in [0.2, 0.25) is 5.02 Å². The highest BCUT2D eigenvalue weighted by Crippen LogP contribution is 2.27. The second-order valence-electron chi connectivity index (χ2n) is 5.43. The average Bonchev–Trinajstić information content (AvgIpc) is 2.62. The summed E-state index contributed by atoms with van der Waals surface area (Å²) in [6.07, 6.45) is 2.88. The number of hydrogen-bond donors (Lipinski definition) is 1. The zero-order chi connectivity index (χ0) is 18.1. The molecule has 6 heteroatoms. The number of halogens is 2. The van der Waals surface area contributed by atoms with Crippen molar-refractivity contribution < 1.29 is 9.53 Å². The first kappa shape index (κ1) is 19.5. The van der Waals surface area contributed by atoms with Crippen molar-refractivity contribution in [1.82, 2.24) is 5.43 Å². The van der Waals surface area contributed by atoms with Crippen molar-refractivity contribution >= 4 is 39.1 Å². The Kier molecular flexibility index (Phi) is 7.95. The lowest BCUT2D eigenvalue weighted by molar-refractivity contribution is -0.123. The molecule has 0 bridgehead atoms. The highest BCUT2D eigenvalue weighted by molar-refractivity contribution is 9.10. The van der Waals surface area contributed by atoms with Crippen molar-refractivity contribution in [3.8, 4) is 5.75 Å². The molecule has 2 aromatic rings. The summed E-state index contributed by atoms with van der Waals surface area (Å²) in [6.45, 7) is 2.00. The largest absolute Gasteiger partial charge is 0.483 e. The van der Waals surface area contributed by atoms with Crippen molar-refractivity contribution in [3.05, 3.63) is 63.6 Å². The maximum Gasteiger partial charge on any atom is 0.277 e. The SMILES string of the molecule is CCCC/C(=N\NC(=O)COc1ccc(Cl)cc1Br)c1ccccc1. The summed E-state index contributed by atoms with van der Waals surface area (Å²) in [6, 6.07) is 15.0. The molecule has 0 heterocycles. The summed E-state index contributed by atoms with van der Waals surface area (Å²) in [4.78, 5) is 12.0. The minimum Gasteiger partial charge on any atom is -0.483 e. The van der Waals surface area contributed by atoms with Crippen LogP contribution < -0.4 is 10.2 Å². The fourth-order valence-corrected chi connectivity index (χ4v) is 2.93. The van der Waals surface area contributed by atoms with Crippen LogP contribution in [0, 0.1) is 0 Å². The van der Waals surface area contributed by atoms with Gasteiger partial charge in [0.05, 0.1) is 10.2 Å². The number of carbonyl (C=O) groups excluding carboxylic acids is 1. The third-order valence-corrected chi connectivity index (χ3v) is 4.30. The predicted octanol–water partition coefficient (Wildman–Crippen LogP) is 5.19. The minimum absolute atomic E-state index is 0.125. The van der Waals surface area contributed by atoms with Crippen molar-refractivity contribution in [2.24, 2.45) is 5.10 Å². The lowest BCUT2D eigenvalue weighted by atomic mass is 10.1. The standard InChI is InChI=1S/C19H20BrClN2O2/c1-2-3-9-17(14-7-5-4-6-8-14)22-23-19(24)13-25-18-11-10-15(21)12-16(18)20/h4-8,10-12H,2-3,9,13H2,1H3,(H,23,24)/b22-17+. The summed E-state index contributed by atoms with van der Waals surface area (Å²) in [5.41, 5.74) is 4.45. The van der Waals surface area contributed by atoms with Crippen molar-refractivity contribution in [1.29, 1.82) is 0 Å². The Bertz CT molecular complexity index is 735. The Morgan fingerprint density at radius 2 is 2.00 bits per heavy atom. The van der Waals surface area contributed by atoms with Gasteiger partial charge in [-0.2, -0.15) is 5.10 Å². The van der Waals surface area contributed by atoms with E-state index in [4.69, 9.17) is 16.3 Å². The van der Waals surface area contributed by atoms with Crippen LogP contribution in [0.1, 0.15) is 31.7 Å². The van der Waals surface area contributed by atoms with E-state index in [1.807, 2.05) is 30.3 Å². The number of nitrogens with one attached hydrogen (secondary N) is 1. The van der Waals surface area contributed by atoms with E-state index in [2.05, 4.69) is 33.4 Å². The van der Waals surface area contributed by atoms with Crippen molar-refractivity contribution in [3.63, 3.8) is 0 Å². The van der Waals surface area contributed by atoms with Gasteiger partial charge in [0, 0.05) is 5.02 Å². The van der Waals surface area contributed by atoms with Gasteiger partial charge in [0.2, 0.25) is 0 Å². The van der Waals surface area contributed by atoms with Crippen LogP contribution in [-0.2, 0) is 4.79 Å². The number of benzene rings is 2. The molecule has 4 nitrogen and oxygen atoms in total. The molecule has 2 rings (SSSR count). The molecule has 0 aromatic heterocycles. The number of hydrogen-bond acceptors (Lipinski definition) is 3. The first-order chi connectivity index (χ1) is 12.1. The van der Waals surface area contributed by atoms with Gasteiger partial charge in [0.25, 0.3) is 5.91 Å². The maximum atomic E-state index is 12.0. The van der Waals surface area contributed by atoms with E-state index in [-0.39, 0.29) is 12.5 Å². The Hall–Kier alpha value is -1.85. The highest BCUT2D eigenvalue weighted by atomic mass is 79.9. The number of ether oxygens (including phenoxy) is 1. The molecule has 0 saturated heterocycles. The van der Waals surface area contributed by atoms with Crippen LogP contribution >= 0.6 is 27.5 Å². The number of nitrogens with zero attached hydrogens (tertiary/aromatic N) is 1. The van der Waals surface area contributed by atoms with Gasteiger partial charge in [0.15, 0.2) is 6.61 Å². The van der Waals surface area contributed by atoms with Crippen molar-refractivity contribution in [2.45, 2.75) is 26.2 Å². The van der Waals surface area contributed by atoms with Crippen LogP contribution in [0.3, 0.4) is 0 Å². The molecule has 0 aliphatic heterocycles. The van der Waals surface area contributed by atoms with E-state index in [0.717, 1.165) is 30.5 Å². The van der Waals surface area contributed by atoms with Crippen molar-refractivity contribution in [2.75, 3.05) is 6.61 Å². The smallest absolute Gasteiger partial charge is 0.277 e. The lowest BCUT2D eigenvalue weighted by Gasteiger charge is -2.09. The van der Waals surface area contributed by atoms with Crippen LogP contribution in [0.25, 0.3) is 0 Å². The number of amides is 1.